The summed E-state index contributed by atoms with van der Waals surface area (Å²) in [5.74, 6) is -0.251. The lowest BCUT2D eigenvalue weighted by atomic mass is 9.75. The van der Waals surface area contributed by atoms with Gasteiger partial charge in [-0.25, -0.2) is 4.39 Å². The van der Waals surface area contributed by atoms with Gasteiger partial charge in [0.05, 0.1) is 17.2 Å². The summed E-state index contributed by atoms with van der Waals surface area (Å²) in [6, 6.07) is 5.07. The highest BCUT2D eigenvalue weighted by Gasteiger charge is 2.35. The van der Waals surface area contributed by atoms with Gasteiger partial charge in [-0.2, -0.15) is 5.26 Å². The molecule has 0 unspecified atom stereocenters. The second kappa shape index (κ2) is 4.70. The van der Waals surface area contributed by atoms with Crippen molar-refractivity contribution in [1.29, 1.82) is 5.26 Å². The fourth-order valence-corrected chi connectivity index (χ4v) is 2.45. The standard InChI is InChI=1S/C15H18FNO/c1-10(2)13-6-11(8-15(18)4-3-5-15)12(9-17)7-14(13)16/h6-7,10,18H,3-5,8H2,1-2H3. The van der Waals surface area contributed by atoms with Crippen LogP contribution in [-0.4, -0.2) is 10.7 Å². The molecule has 1 saturated carbocycles. The van der Waals surface area contributed by atoms with E-state index in [9.17, 15) is 9.50 Å². The molecule has 0 spiro atoms. The van der Waals surface area contributed by atoms with Crippen LogP contribution in [0.15, 0.2) is 12.1 Å². The largest absolute Gasteiger partial charge is 0.390 e. The van der Waals surface area contributed by atoms with Gasteiger partial charge in [0.1, 0.15) is 5.82 Å². The van der Waals surface area contributed by atoms with Crippen LogP contribution in [0.1, 0.15) is 55.7 Å². The molecule has 18 heavy (non-hydrogen) atoms. The summed E-state index contributed by atoms with van der Waals surface area (Å²) in [6.45, 7) is 3.85. The van der Waals surface area contributed by atoms with Crippen molar-refractivity contribution in [3.8, 4) is 6.07 Å². The highest BCUT2D eigenvalue weighted by Crippen LogP contribution is 2.36. The summed E-state index contributed by atoms with van der Waals surface area (Å²) in [6.07, 6.45) is 3.02. The van der Waals surface area contributed by atoms with Crippen molar-refractivity contribution in [2.45, 2.75) is 51.0 Å². The topological polar surface area (TPSA) is 44.0 Å². The molecule has 0 amide bonds. The molecule has 2 nitrogen and oxygen atoms in total. The lowest BCUT2D eigenvalue weighted by Gasteiger charge is -2.37. The third kappa shape index (κ3) is 2.39. The third-order valence-electron chi connectivity index (χ3n) is 3.77. The van der Waals surface area contributed by atoms with Crippen molar-refractivity contribution in [3.63, 3.8) is 0 Å². The molecule has 0 atom stereocenters. The molecule has 96 valence electrons. The van der Waals surface area contributed by atoms with Crippen LogP contribution in [0.3, 0.4) is 0 Å². The number of benzene rings is 1. The molecule has 1 N–H and O–H groups in total. The van der Waals surface area contributed by atoms with Crippen LogP contribution in [0, 0.1) is 17.1 Å². The van der Waals surface area contributed by atoms with Crippen LogP contribution in [-0.2, 0) is 6.42 Å². The quantitative estimate of drug-likeness (QED) is 0.890. The Bertz CT molecular complexity index is 498. The van der Waals surface area contributed by atoms with Gasteiger partial charge in [0.15, 0.2) is 0 Å². The Morgan fingerprint density at radius 2 is 2.11 bits per heavy atom. The first-order valence-corrected chi connectivity index (χ1v) is 6.40. The second-order valence-electron chi connectivity index (χ2n) is 5.55. The average Bonchev–Trinajstić information content (AvgIpc) is 2.28. The van der Waals surface area contributed by atoms with Crippen LogP contribution in [0.2, 0.25) is 0 Å². The number of nitriles is 1. The summed E-state index contributed by atoms with van der Waals surface area (Å²) in [4.78, 5) is 0. The van der Waals surface area contributed by atoms with E-state index in [1.165, 1.54) is 6.07 Å². The Kier molecular flexibility index (Phi) is 3.41. The Morgan fingerprint density at radius 3 is 2.56 bits per heavy atom. The summed E-state index contributed by atoms with van der Waals surface area (Å²) in [5, 5.41) is 19.2. The van der Waals surface area contributed by atoms with Gasteiger partial charge < -0.3 is 5.11 Å². The van der Waals surface area contributed by atoms with E-state index in [0.717, 1.165) is 24.8 Å². The van der Waals surface area contributed by atoms with Crippen LogP contribution >= 0.6 is 0 Å². The van der Waals surface area contributed by atoms with Crippen LogP contribution in [0.5, 0.6) is 0 Å². The van der Waals surface area contributed by atoms with E-state index in [2.05, 4.69) is 0 Å². The van der Waals surface area contributed by atoms with E-state index in [0.29, 0.717) is 17.5 Å². The summed E-state index contributed by atoms with van der Waals surface area (Å²) in [5.41, 5.74) is 1.05. The van der Waals surface area contributed by atoms with E-state index in [4.69, 9.17) is 5.26 Å². The van der Waals surface area contributed by atoms with E-state index in [-0.39, 0.29) is 11.7 Å². The number of nitrogens with zero attached hydrogens (tertiary/aromatic N) is 1. The van der Waals surface area contributed by atoms with Crippen molar-refractivity contribution in [2.75, 3.05) is 0 Å². The second-order valence-corrected chi connectivity index (χ2v) is 5.55. The average molecular weight is 247 g/mol. The van der Waals surface area contributed by atoms with E-state index in [1.807, 2.05) is 19.9 Å². The van der Waals surface area contributed by atoms with Gasteiger partial charge in [-0.15, -0.1) is 0 Å². The molecule has 2 rings (SSSR count). The summed E-state index contributed by atoms with van der Waals surface area (Å²) >= 11 is 0. The molecule has 0 bridgehead atoms. The number of aliphatic hydroxyl groups is 1. The molecule has 0 aliphatic heterocycles. The molecule has 1 aliphatic rings. The third-order valence-corrected chi connectivity index (χ3v) is 3.77. The predicted octanol–water partition coefficient (Wildman–Crippen LogP) is 3.28. The fourth-order valence-electron chi connectivity index (χ4n) is 2.45. The summed E-state index contributed by atoms with van der Waals surface area (Å²) < 4.78 is 13.8. The van der Waals surface area contributed by atoms with Crippen LogP contribution in [0.25, 0.3) is 0 Å². The van der Waals surface area contributed by atoms with Gasteiger partial charge in [0.2, 0.25) is 0 Å². The first-order chi connectivity index (χ1) is 8.45. The zero-order valence-electron chi connectivity index (χ0n) is 10.8. The maximum absolute atomic E-state index is 13.8. The zero-order chi connectivity index (χ0) is 13.3. The SMILES string of the molecule is CC(C)c1cc(CC2(O)CCC2)c(C#N)cc1F. The van der Waals surface area contributed by atoms with Gasteiger partial charge >= 0.3 is 0 Å². The van der Waals surface area contributed by atoms with Crippen LogP contribution in [0.4, 0.5) is 4.39 Å². The smallest absolute Gasteiger partial charge is 0.127 e. The minimum absolute atomic E-state index is 0.0764. The molecule has 1 aliphatic carbocycles. The molecule has 0 saturated heterocycles. The Balaban J connectivity index is 2.38. The molecule has 3 heteroatoms. The normalized spacial score (nSPS) is 17.3. The summed E-state index contributed by atoms with van der Waals surface area (Å²) in [7, 11) is 0. The molecule has 0 radical (unpaired) electrons. The zero-order valence-corrected chi connectivity index (χ0v) is 10.8. The van der Waals surface area contributed by atoms with Gasteiger partial charge in [-0.05, 0) is 42.4 Å². The van der Waals surface area contributed by atoms with Crippen molar-refractivity contribution < 1.29 is 9.50 Å². The highest BCUT2D eigenvalue weighted by molar-refractivity contribution is 5.43. The van der Waals surface area contributed by atoms with Gasteiger partial charge in [-0.1, -0.05) is 19.9 Å². The lowest BCUT2D eigenvalue weighted by molar-refractivity contribution is -0.0323. The highest BCUT2D eigenvalue weighted by atomic mass is 19.1. The molecule has 1 fully saturated rings. The van der Waals surface area contributed by atoms with Crippen LogP contribution < -0.4 is 0 Å². The minimum Gasteiger partial charge on any atom is -0.390 e. The number of halogens is 1. The van der Waals surface area contributed by atoms with E-state index >= 15 is 0 Å². The first-order valence-electron chi connectivity index (χ1n) is 6.40. The van der Waals surface area contributed by atoms with Gasteiger partial charge in [-0.3, -0.25) is 0 Å². The fraction of sp³-hybridized carbons (Fsp3) is 0.533. The molecular formula is C15H18FNO. The Hall–Kier alpha value is -1.40. The van der Waals surface area contributed by atoms with Crippen molar-refractivity contribution in [2.24, 2.45) is 0 Å². The van der Waals surface area contributed by atoms with E-state index in [1.54, 1.807) is 6.07 Å². The molecule has 0 aromatic heterocycles. The minimum atomic E-state index is -0.683. The van der Waals surface area contributed by atoms with Gasteiger partial charge in [0.25, 0.3) is 0 Å². The molecule has 1 aromatic carbocycles. The first kappa shape index (κ1) is 13.0. The lowest BCUT2D eigenvalue weighted by Crippen LogP contribution is -2.39. The van der Waals surface area contributed by atoms with Crippen molar-refractivity contribution in [3.05, 3.63) is 34.6 Å². The Labute approximate surface area is 107 Å². The predicted molar refractivity (Wildman–Crippen MR) is 67.7 cm³/mol. The number of hydrogen-bond acceptors (Lipinski definition) is 2. The maximum Gasteiger partial charge on any atom is 0.127 e. The number of hydrogen-bond donors (Lipinski definition) is 1. The Morgan fingerprint density at radius 1 is 1.44 bits per heavy atom. The van der Waals surface area contributed by atoms with Crippen molar-refractivity contribution >= 4 is 0 Å². The molecule has 1 aromatic rings. The molecular weight excluding hydrogens is 229 g/mol. The number of rotatable bonds is 3. The maximum atomic E-state index is 13.8. The van der Waals surface area contributed by atoms with Crippen molar-refractivity contribution in [1.82, 2.24) is 0 Å². The van der Waals surface area contributed by atoms with E-state index < -0.39 is 5.60 Å². The monoisotopic (exact) mass is 247 g/mol. The molecule has 0 heterocycles. The van der Waals surface area contributed by atoms with Gasteiger partial charge in [0, 0.05) is 6.42 Å².